The molecular weight excluding hydrogens is 206 g/mol. The highest BCUT2D eigenvalue weighted by molar-refractivity contribution is 8.00. The molecule has 0 atom stereocenters. The zero-order valence-electron chi connectivity index (χ0n) is 8.87. The van der Waals surface area contributed by atoms with E-state index in [1.54, 1.807) is 6.20 Å². The lowest BCUT2D eigenvalue weighted by atomic mass is 10.0. The van der Waals surface area contributed by atoms with Crippen LogP contribution < -0.4 is 0 Å². The normalized spacial score (nSPS) is 17.9. The molecule has 15 heavy (non-hydrogen) atoms. The third kappa shape index (κ3) is 3.13. The minimum Gasteiger partial charge on any atom is -0.359 e. The maximum Gasteiger partial charge on any atom is 0.188 e. The Bertz CT molecular complexity index is 301. The molecule has 1 aromatic heterocycles. The third-order valence-electron chi connectivity index (χ3n) is 2.90. The molecule has 2 rings (SSSR count). The Hall–Kier alpha value is -0.700. The van der Waals surface area contributed by atoms with E-state index in [9.17, 15) is 4.79 Å². The Morgan fingerprint density at radius 3 is 2.87 bits per heavy atom. The number of Topliss-reactive ketones (excluding diaryl/α,β-unsaturated/α-hetero) is 1. The van der Waals surface area contributed by atoms with Gasteiger partial charge in [-0.2, -0.15) is 11.8 Å². The van der Waals surface area contributed by atoms with Crippen molar-refractivity contribution in [1.29, 1.82) is 0 Å². The lowest BCUT2D eigenvalue weighted by Gasteiger charge is -2.20. The van der Waals surface area contributed by atoms with Gasteiger partial charge in [0.15, 0.2) is 5.78 Å². The van der Waals surface area contributed by atoms with Crippen LogP contribution in [0.5, 0.6) is 0 Å². The monoisotopic (exact) mass is 223 g/mol. The maximum atomic E-state index is 11.7. The van der Waals surface area contributed by atoms with E-state index in [-0.39, 0.29) is 5.78 Å². The summed E-state index contributed by atoms with van der Waals surface area (Å²) in [6.45, 7) is 0. The first-order valence-corrected chi connectivity index (χ1v) is 6.69. The molecule has 0 aromatic carbocycles. The van der Waals surface area contributed by atoms with E-state index < -0.39 is 0 Å². The molecule has 2 nitrogen and oxygen atoms in total. The molecule has 1 fully saturated rings. The zero-order valence-corrected chi connectivity index (χ0v) is 9.69. The Morgan fingerprint density at radius 2 is 2.20 bits per heavy atom. The van der Waals surface area contributed by atoms with E-state index in [1.165, 1.54) is 32.1 Å². The van der Waals surface area contributed by atoms with Crippen molar-refractivity contribution in [2.24, 2.45) is 0 Å². The van der Waals surface area contributed by atoms with Crippen LogP contribution in [-0.2, 0) is 0 Å². The summed E-state index contributed by atoms with van der Waals surface area (Å²) >= 11 is 1.83. The number of aromatic nitrogens is 1. The van der Waals surface area contributed by atoms with E-state index in [4.69, 9.17) is 0 Å². The smallest absolute Gasteiger partial charge is 0.188 e. The Labute approximate surface area is 94.8 Å². The van der Waals surface area contributed by atoms with Crippen LogP contribution >= 0.6 is 11.8 Å². The van der Waals surface area contributed by atoms with Crippen LogP contribution in [-0.4, -0.2) is 21.8 Å². The molecule has 1 saturated carbocycles. The molecular formula is C12H17NOS. The fourth-order valence-electron chi connectivity index (χ4n) is 2.01. The van der Waals surface area contributed by atoms with Gasteiger partial charge < -0.3 is 4.98 Å². The molecule has 1 aromatic rings. The van der Waals surface area contributed by atoms with E-state index in [2.05, 4.69) is 4.98 Å². The fraction of sp³-hybridized carbons (Fsp3) is 0.583. The van der Waals surface area contributed by atoms with Crippen LogP contribution in [0, 0.1) is 0 Å². The van der Waals surface area contributed by atoms with E-state index >= 15 is 0 Å². The maximum absolute atomic E-state index is 11.7. The number of aromatic amines is 1. The minimum absolute atomic E-state index is 0.232. The second-order valence-electron chi connectivity index (χ2n) is 4.08. The molecule has 0 saturated heterocycles. The predicted molar refractivity (Wildman–Crippen MR) is 64.5 cm³/mol. The summed E-state index contributed by atoms with van der Waals surface area (Å²) < 4.78 is 0. The van der Waals surface area contributed by atoms with E-state index in [0.29, 0.717) is 5.75 Å². The summed E-state index contributed by atoms with van der Waals surface area (Å²) in [6.07, 6.45) is 8.45. The van der Waals surface area contributed by atoms with Crippen molar-refractivity contribution in [3.63, 3.8) is 0 Å². The average Bonchev–Trinajstić information content (AvgIpc) is 2.81. The lowest BCUT2D eigenvalue weighted by molar-refractivity contribution is 0.101. The van der Waals surface area contributed by atoms with Crippen LogP contribution in [0.15, 0.2) is 18.3 Å². The van der Waals surface area contributed by atoms with Gasteiger partial charge in [0.1, 0.15) is 0 Å². The number of rotatable bonds is 4. The molecule has 0 aliphatic heterocycles. The number of hydrogen-bond acceptors (Lipinski definition) is 2. The largest absolute Gasteiger partial charge is 0.359 e. The molecule has 0 spiro atoms. The Kier molecular flexibility index (Phi) is 3.89. The molecule has 3 heteroatoms. The summed E-state index contributed by atoms with van der Waals surface area (Å²) in [5, 5.41) is 0.720. The van der Waals surface area contributed by atoms with Crippen LogP contribution in [0.4, 0.5) is 0 Å². The number of H-pyrrole nitrogens is 1. The summed E-state index contributed by atoms with van der Waals surface area (Å²) in [4.78, 5) is 14.7. The SMILES string of the molecule is O=C(CSC1CCCCC1)c1ccc[nH]1. The van der Waals surface area contributed by atoms with Crippen LogP contribution in [0.25, 0.3) is 0 Å². The van der Waals surface area contributed by atoms with Crippen LogP contribution in [0.3, 0.4) is 0 Å². The van der Waals surface area contributed by atoms with Gasteiger partial charge in [0.05, 0.1) is 11.4 Å². The van der Waals surface area contributed by atoms with Gasteiger partial charge in [0, 0.05) is 11.4 Å². The summed E-state index contributed by atoms with van der Waals surface area (Å²) in [5.41, 5.74) is 0.748. The first-order valence-electron chi connectivity index (χ1n) is 5.64. The number of hydrogen-bond donors (Lipinski definition) is 1. The quantitative estimate of drug-likeness (QED) is 0.795. The highest BCUT2D eigenvalue weighted by atomic mass is 32.2. The minimum atomic E-state index is 0.232. The van der Waals surface area contributed by atoms with Crippen molar-refractivity contribution < 1.29 is 4.79 Å². The molecule has 0 bridgehead atoms. The molecule has 0 unspecified atom stereocenters. The van der Waals surface area contributed by atoms with Gasteiger partial charge in [-0.3, -0.25) is 4.79 Å². The molecule has 82 valence electrons. The summed E-state index contributed by atoms with van der Waals surface area (Å²) in [5.74, 6) is 0.862. The van der Waals surface area contributed by atoms with Crippen LogP contribution in [0.1, 0.15) is 42.6 Å². The van der Waals surface area contributed by atoms with Gasteiger partial charge >= 0.3 is 0 Å². The number of carbonyl (C=O) groups is 1. The molecule has 0 amide bonds. The Balaban J connectivity index is 1.75. The van der Waals surface area contributed by atoms with Gasteiger partial charge in [-0.05, 0) is 25.0 Å². The van der Waals surface area contributed by atoms with Crippen molar-refractivity contribution in [3.05, 3.63) is 24.0 Å². The number of nitrogens with one attached hydrogen (secondary N) is 1. The van der Waals surface area contributed by atoms with Gasteiger partial charge in [-0.1, -0.05) is 19.3 Å². The number of ketones is 1. The standard InChI is InChI=1S/C12H17NOS/c14-12(11-7-4-8-13-11)9-15-10-5-2-1-3-6-10/h4,7-8,10,13H,1-3,5-6,9H2. The van der Waals surface area contributed by atoms with Gasteiger partial charge in [-0.25, -0.2) is 0 Å². The lowest BCUT2D eigenvalue weighted by Crippen LogP contribution is -2.12. The number of thioether (sulfide) groups is 1. The molecule has 1 N–H and O–H groups in total. The first kappa shape index (κ1) is 10.8. The van der Waals surface area contributed by atoms with Crippen molar-refractivity contribution in [1.82, 2.24) is 4.98 Å². The highest BCUT2D eigenvalue weighted by Crippen LogP contribution is 2.28. The van der Waals surface area contributed by atoms with Gasteiger partial charge in [-0.15, -0.1) is 0 Å². The van der Waals surface area contributed by atoms with Crippen LogP contribution in [0.2, 0.25) is 0 Å². The van der Waals surface area contributed by atoms with Crippen molar-refractivity contribution in [2.75, 3.05) is 5.75 Å². The first-order chi connectivity index (χ1) is 7.36. The van der Waals surface area contributed by atoms with E-state index in [0.717, 1.165) is 10.9 Å². The van der Waals surface area contributed by atoms with E-state index in [1.807, 2.05) is 23.9 Å². The Morgan fingerprint density at radius 1 is 1.40 bits per heavy atom. The molecule has 1 heterocycles. The van der Waals surface area contributed by atoms with Gasteiger partial charge in [0.2, 0.25) is 0 Å². The second-order valence-corrected chi connectivity index (χ2v) is 5.37. The predicted octanol–water partition coefficient (Wildman–Crippen LogP) is 3.26. The third-order valence-corrected chi connectivity index (χ3v) is 4.27. The van der Waals surface area contributed by atoms with Crippen molar-refractivity contribution >= 4 is 17.5 Å². The summed E-state index contributed by atoms with van der Waals surface area (Å²) in [6, 6.07) is 3.72. The molecule has 1 aliphatic rings. The topological polar surface area (TPSA) is 32.9 Å². The van der Waals surface area contributed by atoms with Gasteiger partial charge in [0.25, 0.3) is 0 Å². The average molecular weight is 223 g/mol. The molecule has 0 radical (unpaired) electrons. The zero-order chi connectivity index (χ0) is 10.5. The second kappa shape index (κ2) is 5.40. The summed E-state index contributed by atoms with van der Waals surface area (Å²) in [7, 11) is 0. The van der Waals surface area contributed by atoms with Crippen molar-refractivity contribution in [3.8, 4) is 0 Å². The fourth-order valence-corrected chi connectivity index (χ4v) is 3.22. The molecule has 1 aliphatic carbocycles. The number of carbonyl (C=O) groups excluding carboxylic acids is 1. The van der Waals surface area contributed by atoms with Crippen molar-refractivity contribution in [2.45, 2.75) is 37.4 Å². The highest BCUT2D eigenvalue weighted by Gasteiger charge is 2.15.